The first-order chi connectivity index (χ1) is 7.40. The van der Waals surface area contributed by atoms with E-state index < -0.39 is 0 Å². The zero-order valence-electron chi connectivity index (χ0n) is 8.93. The van der Waals surface area contributed by atoms with Crippen molar-refractivity contribution in [3.05, 3.63) is 35.9 Å². The average Bonchev–Trinajstić information content (AvgIpc) is 2.81. The molecule has 1 heterocycles. The molecule has 0 aliphatic carbocycles. The fourth-order valence-electron chi connectivity index (χ4n) is 2.19. The number of aldehydes is 1. The average molecular weight is 203 g/mol. The fourth-order valence-corrected chi connectivity index (χ4v) is 2.19. The van der Waals surface area contributed by atoms with Crippen LogP contribution in [0.3, 0.4) is 0 Å². The Morgan fingerprint density at radius 1 is 1.20 bits per heavy atom. The van der Waals surface area contributed by atoms with E-state index in [2.05, 4.69) is 17.0 Å². The molecule has 0 amide bonds. The van der Waals surface area contributed by atoms with Crippen molar-refractivity contribution >= 4 is 6.29 Å². The maximum absolute atomic E-state index is 11.1. The van der Waals surface area contributed by atoms with Crippen LogP contribution in [0.2, 0.25) is 0 Å². The summed E-state index contributed by atoms with van der Waals surface area (Å²) in [6, 6.07) is 10.3. The SMILES string of the molecule is O=CC(Cc1ccccc1)N1CCCC1. The van der Waals surface area contributed by atoms with Gasteiger partial charge in [0.2, 0.25) is 0 Å². The Balaban J connectivity index is 1.99. The highest BCUT2D eigenvalue weighted by atomic mass is 16.1. The van der Waals surface area contributed by atoms with Crippen LogP contribution in [0, 0.1) is 0 Å². The zero-order valence-corrected chi connectivity index (χ0v) is 8.93. The highest BCUT2D eigenvalue weighted by Gasteiger charge is 2.21. The molecule has 0 bridgehead atoms. The van der Waals surface area contributed by atoms with Gasteiger partial charge in [0, 0.05) is 0 Å². The van der Waals surface area contributed by atoms with Gasteiger partial charge in [-0.1, -0.05) is 30.3 Å². The third-order valence-electron chi connectivity index (χ3n) is 3.05. The zero-order chi connectivity index (χ0) is 10.5. The van der Waals surface area contributed by atoms with E-state index in [9.17, 15) is 4.79 Å². The number of rotatable bonds is 4. The van der Waals surface area contributed by atoms with Gasteiger partial charge in [0.15, 0.2) is 0 Å². The smallest absolute Gasteiger partial charge is 0.137 e. The van der Waals surface area contributed by atoms with Crippen molar-refractivity contribution in [1.29, 1.82) is 0 Å². The van der Waals surface area contributed by atoms with E-state index in [1.54, 1.807) is 0 Å². The van der Waals surface area contributed by atoms with Gasteiger partial charge >= 0.3 is 0 Å². The topological polar surface area (TPSA) is 20.3 Å². The predicted molar refractivity (Wildman–Crippen MR) is 60.8 cm³/mol. The lowest BCUT2D eigenvalue weighted by Gasteiger charge is -2.22. The molecule has 0 radical (unpaired) electrons. The van der Waals surface area contributed by atoms with Gasteiger partial charge < -0.3 is 4.79 Å². The van der Waals surface area contributed by atoms with E-state index in [1.807, 2.05) is 18.2 Å². The highest BCUT2D eigenvalue weighted by molar-refractivity contribution is 5.58. The molecule has 1 saturated heterocycles. The molecule has 0 saturated carbocycles. The Morgan fingerprint density at radius 3 is 2.47 bits per heavy atom. The maximum Gasteiger partial charge on any atom is 0.137 e. The third-order valence-corrected chi connectivity index (χ3v) is 3.05. The summed E-state index contributed by atoms with van der Waals surface area (Å²) in [5, 5.41) is 0. The summed E-state index contributed by atoms with van der Waals surface area (Å²) < 4.78 is 0. The van der Waals surface area contributed by atoms with Gasteiger partial charge in [-0.2, -0.15) is 0 Å². The summed E-state index contributed by atoms with van der Waals surface area (Å²) in [5.74, 6) is 0. The normalized spacial score (nSPS) is 18.9. The molecule has 1 atom stereocenters. The molecule has 15 heavy (non-hydrogen) atoms. The molecule has 0 aromatic heterocycles. The van der Waals surface area contributed by atoms with Crippen LogP contribution in [-0.4, -0.2) is 30.3 Å². The molecule has 1 fully saturated rings. The highest BCUT2D eigenvalue weighted by Crippen LogP contribution is 2.14. The largest absolute Gasteiger partial charge is 0.302 e. The van der Waals surface area contributed by atoms with Gasteiger partial charge in [-0.05, 0) is 37.9 Å². The molecular weight excluding hydrogens is 186 g/mol. The van der Waals surface area contributed by atoms with Crippen molar-refractivity contribution in [2.45, 2.75) is 25.3 Å². The van der Waals surface area contributed by atoms with E-state index in [1.165, 1.54) is 18.4 Å². The molecular formula is C13H17NO. The number of carbonyl (C=O) groups is 1. The molecule has 1 aliphatic rings. The second kappa shape index (κ2) is 5.08. The second-order valence-electron chi connectivity index (χ2n) is 4.14. The van der Waals surface area contributed by atoms with Crippen molar-refractivity contribution < 1.29 is 4.79 Å². The van der Waals surface area contributed by atoms with Crippen LogP contribution < -0.4 is 0 Å². The first kappa shape index (κ1) is 10.4. The summed E-state index contributed by atoms with van der Waals surface area (Å²) in [6.07, 6.45) is 4.42. The van der Waals surface area contributed by atoms with E-state index in [0.717, 1.165) is 25.8 Å². The lowest BCUT2D eigenvalue weighted by atomic mass is 10.1. The minimum Gasteiger partial charge on any atom is -0.302 e. The molecule has 0 N–H and O–H groups in total. The van der Waals surface area contributed by atoms with E-state index in [4.69, 9.17) is 0 Å². The molecule has 80 valence electrons. The van der Waals surface area contributed by atoms with Gasteiger partial charge in [0.05, 0.1) is 6.04 Å². The Morgan fingerprint density at radius 2 is 1.87 bits per heavy atom. The number of hydrogen-bond acceptors (Lipinski definition) is 2. The number of carbonyl (C=O) groups excluding carboxylic acids is 1. The van der Waals surface area contributed by atoms with Crippen LogP contribution in [-0.2, 0) is 11.2 Å². The number of nitrogens with zero attached hydrogens (tertiary/aromatic N) is 1. The Bertz CT molecular complexity index is 304. The van der Waals surface area contributed by atoms with Crippen molar-refractivity contribution in [3.8, 4) is 0 Å². The van der Waals surface area contributed by atoms with Crippen LogP contribution in [0.5, 0.6) is 0 Å². The van der Waals surface area contributed by atoms with Crippen molar-refractivity contribution in [1.82, 2.24) is 4.90 Å². The standard InChI is InChI=1S/C13H17NO/c15-11-13(14-8-4-5-9-14)10-12-6-2-1-3-7-12/h1-3,6-7,11,13H,4-5,8-10H2. The number of hydrogen-bond donors (Lipinski definition) is 0. The fraction of sp³-hybridized carbons (Fsp3) is 0.462. The summed E-state index contributed by atoms with van der Waals surface area (Å²) in [6.45, 7) is 2.16. The lowest BCUT2D eigenvalue weighted by molar-refractivity contribution is -0.112. The first-order valence-corrected chi connectivity index (χ1v) is 5.63. The van der Waals surface area contributed by atoms with Gasteiger partial charge in [0.25, 0.3) is 0 Å². The van der Waals surface area contributed by atoms with Gasteiger partial charge in [-0.15, -0.1) is 0 Å². The Kier molecular flexibility index (Phi) is 3.51. The van der Waals surface area contributed by atoms with E-state index in [0.29, 0.717) is 0 Å². The van der Waals surface area contributed by atoms with Crippen LogP contribution >= 0.6 is 0 Å². The first-order valence-electron chi connectivity index (χ1n) is 5.63. The van der Waals surface area contributed by atoms with Crippen LogP contribution in [0.4, 0.5) is 0 Å². The molecule has 2 rings (SSSR count). The van der Waals surface area contributed by atoms with Crippen LogP contribution in [0.1, 0.15) is 18.4 Å². The summed E-state index contributed by atoms with van der Waals surface area (Å²) in [7, 11) is 0. The molecule has 1 unspecified atom stereocenters. The summed E-state index contributed by atoms with van der Waals surface area (Å²) >= 11 is 0. The molecule has 0 spiro atoms. The summed E-state index contributed by atoms with van der Waals surface area (Å²) in [4.78, 5) is 13.3. The van der Waals surface area contributed by atoms with Gasteiger partial charge in [-0.3, -0.25) is 4.90 Å². The Labute approximate surface area is 90.9 Å². The molecule has 1 aromatic rings. The minimum atomic E-state index is 0.0786. The molecule has 2 heteroatoms. The minimum absolute atomic E-state index is 0.0786. The van der Waals surface area contributed by atoms with Gasteiger partial charge in [-0.25, -0.2) is 0 Å². The van der Waals surface area contributed by atoms with Crippen molar-refractivity contribution in [2.24, 2.45) is 0 Å². The maximum atomic E-state index is 11.1. The van der Waals surface area contributed by atoms with Gasteiger partial charge in [0.1, 0.15) is 6.29 Å². The monoisotopic (exact) mass is 203 g/mol. The number of benzene rings is 1. The molecule has 2 nitrogen and oxygen atoms in total. The van der Waals surface area contributed by atoms with E-state index >= 15 is 0 Å². The molecule has 1 aromatic carbocycles. The van der Waals surface area contributed by atoms with Crippen LogP contribution in [0.15, 0.2) is 30.3 Å². The molecule has 1 aliphatic heterocycles. The van der Waals surface area contributed by atoms with Crippen molar-refractivity contribution in [2.75, 3.05) is 13.1 Å². The third kappa shape index (κ3) is 2.66. The quantitative estimate of drug-likeness (QED) is 0.696. The summed E-state index contributed by atoms with van der Waals surface area (Å²) in [5.41, 5.74) is 1.25. The predicted octanol–water partition coefficient (Wildman–Crippen LogP) is 1.89. The lowest BCUT2D eigenvalue weighted by Crippen LogP contribution is -2.35. The second-order valence-corrected chi connectivity index (χ2v) is 4.14. The Hall–Kier alpha value is -1.15. The number of likely N-dealkylation sites (tertiary alicyclic amines) is 1. The van der Waals surface area contributed by atoms with Crippen LogP contribution in [0.25, 0.3) is 0 Å². The van der Waals surface area contributed by atoms with Crippen molar-refractivity contribution in [3.63, 3.8) is 0 Å². The van der Waals surface area contributed by atoms with E-state index in [-0.39, 0.29) is 6.04 Å².